The zero-order valence-electron chi connectivity index (χ0n) is 12.8. The number of aromatic nitrogens is 1. The number of hydrogen-bond acceptors (Lipinski definition) is 5. The number of benzene rings is 2. The van der Waals surface area contributed by atoms with Crippen LogP contribution >= 0.6 is 22.9 Å². The van der Waals surface area contributed by atoms with Gasteiger partial charge in [0.1, 0.15) is 6.07 Å². The maximum atomic E-state index is 9.35. The molecule has 0 unspecified atom stereocenters. The van der Waals surface area contributed by atoms with Crippen LogP contribution in [-0.2, 0) is 0 Å². The third-order valence-electron chi connectivity index (χ3n) is 3.30. The molecule has 3 aromatic rings. The third kappa shape index (κ3) is 3.80. The first kappa shape index (κ1) is 16.2. The highest BCUT2D eigenvalue weighted by atomic mass is 35.5. The second kappa shape index (κ2) is 7.26. The molecule has 0 radical (unpaired) electrons. The predicted molar refractivity (Wildman–Crippen MR) is 99.5 cm³/mol. The van der Waals surface area contributed by atoms with Gasteiger partial charge in [-0.3, -0.25) is 5.43 Å². The zero-order chi connectivity index (χ0) is 16.9. The number of nitriles is 1. The first-order chi connectivity index (χ1) is 11.7. The van der Waals surface area contributed by atoms with Crippen LogP contribution in [0.25, 0.3) is 11.3 Å². The van der Waals surface area contributed by atoms with Gasteiger partial charge >= 0.3 is 0 Å². The number of anilines is 1. The van der Waals surface area contributed by atoms with Gasteiger partial charge in [0.25, 0.3) is 0 Å². The molecular formula is C18H13ClN4S. The van der Waals surface area contributed by atoms with Crippen LogP contribution in [0.1, 0.15) is 10.6 Å². The molecule has 0 amide bonds. The van der Waals surface area contributed by atoms with Crippen molar-refractivity contribution in [2.24, 2.45) is 5.10 Å². The Hall–Kier alpha value is -2.68. The summed E-state index contributed by atoms with van der Waals surface area (Å²) >= 11 is 7.28. The average Bonchev–Trinajstić information content (AvgIpc) is 3.08. The number of rotatable bonds is 4. The lowest BCUT2D eigenvalue weighted by molar-refractivity contribution is 1.30. The second-order valence-electron chi connectivity index (χ2n) is 5.09. The van der Waals surface area contributed by atoms with Gasteiger partial charge in [-0.2, -0.15) is 10.4 Å². The normalized spacial score (nSPS) is 11.1. The molecule has 0 aliphatic rings. The highest BCUT2D eigenvalue weighted by Crippen LogP contribution is 2.24. The van der Waals surface area contributed by atoms with E-state index in [0.29, 0.717) is 10.0 Å². The molecule has 0 saturated heterocycles. The molecule has 4 nitrogen and oxygen atoms in total. The van der Waals surface area contributed by atoms with Crippen LogP contribution in [0.3, 0.4) is 0 Å². The van der Waals surface area contributed by atoms with E-state index in [9.17, 15) is 5.26 Å². The Morgan fingerprint density at radius 3 is 2.54 bits per heavy atom. The Morgan fingerprint density at radius 1 is 1.17 bits per heavy atom. The summed E-state index contributed by atoms with van der Waals surface area (Å²) in [5, 5.41) is 16.7. The van der Waals surface area contributed by atoms with Crippen LogP contribution in [0.5, 0.6) is 0 Å². The number of halogens is 1. The molecule has 3 rings (SSSR count). The molecule has 118 valence electrons. The molecule has 1 N–H and O–H groups in total. The molecule has 2 aromatic carbocycles. The minimum Gasteiger partial charge on any atom is -0.277 e. The number of nitrogens with one attached hydrogen (secondary N) is 1. The Morgan fingerprint density at radius 2 is 1.88 bits per heavy atom. The van der Waals surface area contributed by atoms with E-state index >= 15 is 0 Å². The molecule has 6 heteroatoms. The largest absolute Gasteiger partial charge is 0.277 e. The fraction of sp³-hybridized carbons (Fsp3) is 0.0556. The van der Waals surface area contributed by atoms with Crippen molar-refractivity contribution in [3.8, 4) is 17.3 Å². The van der Waals surface area contributed by atoms with Gasteiger partial charge in [-0.15, -0.1) is 11.3 Å². The van der Waals surface area contributed by atoms with Crippen molar-refractivity contribution in [1.29, 1.82) is 5.26 Å². The van der Waals surface area contributed by atoms with Gasteiger partial charge in [-0.25, -0.2) is 4.98 Å². The summed E-state index contributed by atoms with van der Waals surface area (Å²) in [5.41, 5.74) is 6.88. The van der Waals surface area contributed by atoms with Crippen LogP contribution < -0.4 is 5.43 Å². The third-order valence-corrected chi connectivity index (χ3v) is 4.40. The topological polar surface area (TPSA) is 61.1 Å². The molecule has 0 aliphatic carbocycles. The summed E-state index contributed by atoms with van der Waals surface area (Å²) < 4.78 is 0. The molecule has 0 saturated carbocycles. The van der Waals surface area contributed by atoms with Crippen molar-refractivity contribution >= 4 is 34.3 Å². The van der Waals surface area contributed by atoms with Crippen molar-refractivity contribution in [1.82, 2.24) is 4.98 Å². The first-order valence-corrected chi connectivity index (χ1v) is 8.44. The number of hydrogen-bond donors (Lipinski definition) is 1. The first-order valence-electron chi connectivity index (χ1n) is 7.18. The summed E-state index contributed by atoms with van der Waals surface area (Å²) in [6, 6.07) is 17.3. The smallest absolute Gasteiger partial charge is 0.196 e. The summed E-state index contributed by atoms with van der Waals surface area (Å²) in [5.74, 6) is 0. The van der Waals surface area contributed by atoms with Gasteiger partial charge in [0.15, 0.2) is 10.7 Å². The molecule has 0 spiro atoms. The molecule has 1 aromatic heterocycles. The van der Waals surface area contributed by atoms with Crippen LogP contribution in [-0.4, -0.2) is 10.7 Å². The van der Waals surface area contributed by atoms with Crippen LogP contribution in [0.2, 0.25) is 5.02 Å². The van der Waals surface area contributed by atoms with Gasteiger partial charge in [0, 0.05) is 16.0 Å². The summed E-state index contributed by atoms with van der Waals surface area (Å²) in [4.78, 5) is 4.49. The second-order valence-corrected chi connectivity index (χ2v) is 6.39. The number of hydrazone groups is 1. The lowest BCUT2D eigenvalue weighted by atomic mass is 10.2. The lowest BCUT2D eigenvalue weighted by Crippen LogP contribution is -2.01. The SMILES string of the molecule is Cc1ccc(NN=C(C#N)c2nc(-c3ccc(Cl)cc3)cs2)cc1. The molecule has 0 bridgehead atoms. The van der Waals surface area contributed by atoms with Crippen molar-refractivity contribution in [3.63, 3.8) is 0 Å². The maximum Gasteiger partial charge on any atom is 0.196 e. The molecule has 0 fully saturated rings. The zero-order valence-corrected chi connectivity index (χ0v) is 14.4. The molecular weight excluding hydrogens is 340 g/mol. The predicted octanol–water partition coefficient (Wildman–Crippen LogP) is 5.11. The summed E-state index contributed by atoms with van der Waals surface area (Å²) in [7, 11) is 0. The summed E-state index contributed by atoms with van der Waals surface area (Å²) in [6.07, 6.45) is 0. The Balaban J connectivity index is 1.81. The molecule has 0 aliphatic heterocycles. The molecule has 0 atom stereocenters. The van der Waals surface area contributed by atoms with Gasteiger partial charge in [-0.05, 0) is 31.2 Å². The van der Waals surface area contributed by atoms with Gasteiger partial charge in [0.2, 0.25) is 0 Å². The minimum atomic E-state index is 0.251. The van der Waals surface area contributed by atoms with E-state index in [0.717, 1.165) is 22.5 Å². The monoisotopic (exact) mass is 352 g/mol. The van der Waals surface area contributed by atoms with Crippen LogP contribution in [0.4, 0.5) is 5.69 Å². The standard InChI is InChI=1S/C18H13ClN4S/c1-12-2-8-15(9-3-12)22-23-16(10-20)18-21-17(11-24-18)13-4-6-14(19)7-5-13/h2-9,11,22H,1H3. The van der Waals surface area contributed by atoms with Gasteiger partial charge in [0.05, 0.1) is 11.4 Å². The van der Waals surface area contributed by atoms with Crippen molar-refractivity contribution in [2.45, 2.75) is 6.92 Å². The fourth-order valence-corrected chi connectivity index (χ4v) is 2.90. The quantitative estimate of drug-likeness (QED) is 0.524. The highest BCUT2D eigenvalue weighted by Gasteiger charge is 2.10. The fourth-order valence-electron chi connectivity index (χ4n) is 2.00. The van der Waals surface area contributed by atoms with E-state index < -0.39 is 0 Å². The molecule has 24 heavy (non-hydrogen) atoms. The number of nitrogens with zero attached hydrogens (tertiary/aromatic N) is 3. The number of aryl methyl sites for hydroxylation is 1. The van der Waals surface area contributed by atoms with Crippen molar-refractivity contribution in [2.75, 3.05) is 5.43 Å². The van der Waals surface area contributed by atoms with Crippen molar-refractivity contribution in [3.05, 3.63) is 69.5 Å². The van der Waals surface area contributed by atoms with Crippen molar-refractivity contribution < 1.29 is 0 Å². The van der Waals surface area contributed by atoms with E-state index in [1.807, 2.05) is 60.8 Å². The van der Waals surface area contributed by atoms with Crippen LogP contribution in [0, 0.1) is 18.3 Å². The average molecular weight is 353 g/mol. The Bertz CT molecular complexity index is 905. The van der Waals surface area contributed by atoms with E-state index in [2.05, 4.69) is 21.6 Å². The maximum absolute atomic E-state index is 9.35. The van der Waals surface area contributed by atoms with Crippen LogP contribution in [0.15, 0.2) is 59.0 Å². The Labute approximate surface area is 149 Å². The number of thiazole rings is 1. The Kier molecular flexibility index (Phi) is 4.90. The minimum absolute atomic E-state index is 0.251. The van der Waals surface area contributed by atoms with Gasteiger partial charge < -0.3 is 0 Å². The highest BCUT2D eigenvalue weighted by molar-refractivity contribution is 7.12. The lowest BCUT2D eigenvalue weighted by Gasteiger charge is -2.01. The van der Waals surface area contributed by atoms with E-state index in [1.54, 1.807) is 0 Å². The van der Waals surface area contributed by atoms with E-state index in [1.165, 1.54) is 11.3 Å². The molecule has 1 heterocycles. The van der Waals surface area contributed by atoms with E-state index in [-0.39, 0.29) is 5.71 Å². The summed E-state index contributed by atoms with van der Waals surface area (Å²) in [6.45, 7) is 2.02. The van der Waals surface area contributed by atoms with E-state index in [4.69, 9.17) is 11.6 Å². The van der Waals surface area contributed by atoms with Gasteiger partial charge in [-0.1, -0.05) is 41.4 Å².